The molecule has 4 heterocycles. The summed E-state index contributed by atoms with van der Waals surface area (Å²) in [7, 11) is 0. The van der Waals surface area contributed by atoms with Crippen LogP contribution in [-0.2, 0) is 0 Å². The SMILES string of the molecule is c1cncc(-c2cc3ccc4cccc5c4c3c(c2)n5-c2cccc3c(-n4c5cccc6ccc7cc(-c8cccnc8)cc4c7c65)cccc23)c1. The van der Waals surface area contributed by atoms with Crippen molar-refractivity contribution in [2.45, 2.75) is 0 Å². The maximum atomic E-state index is 4.45. The Morgan fingerprint density at radius 1 is 0.327 bits per heavy atom. The van der Waals surface area contributed by atoms with Gasteiger partial charge >= 0.3 is 0 Å². The van der Waals surface area contributed by atoms with E-state index in [0.717, 1.165) is 33.6 Å². The number of rotatable bonds is 4. The number of fused-ring (bicyclic) bond motifs is 1. The summed E-state index contributed by atoms with van der Waals surface area (Å²) in [6, 6.07) is 53.6. The first-order valence-corrected chi connectivity index (χ1v) is 17.7. The fraction of sp³-hybridized carbons (Fsp3) is 0. The summed E-state index contributed by atoms with van der Waals surface area (Å²) >= 11 is 0. The van der Waals surface area contributed by atoms with E-state index in [1.807, 2.05) is 36.9 Å². The van der Waals surface area contributed by atoms with Crippen LogP contribution >= 0.6 is 0 Å². The number of hydrogen-bond acceptors (Lipinski definition) is 2. The molecule has 0 bridgehead atoms. The second-order valence-electron chi connectivity index (χ2n) is 13.9. The molecule has 0 fully saturated rings. The van der Waals surface area contributed by atoms with E-state index in [9.17, 15) is 0 Å². The number of pyridine rings is 2. The highest BCUT2D eigenvalue weighted by Crippen LogP contribution is 2.45. The van der Waals surface area contributed by atoms with Crippen molar-refractivity contribution in [1.29, 1.82) is 0 Å². The second kappa shape index (κ2) is 10.3. The highest BCUT2D eigenvalue weighted by Gasteiger charge is 2.22. The Kier molecular flexibility index (Phi) is 5.47. The molecule has 4 aromatic heterocycles. The topological polar surface area (TPSA) is 35.6 Å². The quantitative estimate of drug-likeness (QED) is 0.176. The number of nitrogens with zero attached hydrogens (tertiary/aromatic N) is 4. The van der Waals surface area contributed by atoms with Gasteiger partial charge in [0.2, 0.25) is 0 Å². The molecule has 12 aromatic rings. The Labute approximate surface area is 298 Å². The zero-order chi connectivity index (χ0) is 33.9. The highest BCUT2D eigenvalue weighted by molar-refractivity contribution is 6.27. The first kappa shape index (κ1) is 27.7. The zero-order valence-corrected chi connectivity index (χ0v) is 28.0. The van der Waals surface area contributed by atoms with Gasteiger partial charge in [-0.05, 0) is 93.3 Å². The largest absolute Gasteiger partial charge is 0.309 e. The van der Waals surface area contributed by atoms with Gasteiger partial charge in [0.1, 0.15) is 0 Å². The van der Waals surface area contributed by atoms with Gasteiger partial charge in [-0.1, -0.05) is 84.9 Å². The van der Waals surface area contributed by atoms with Crippen LogP contribution in [0.15, 0.2) is 170 Å². The smallest absolute Gasteiger partial charge is 0.0553 e. The minimum atomic E-state index is 1.11. The van der Waals surface area contributed by atoms with E-state index in [0.29, 0.717) is 0 Å². The third kappa shape index (κ3) is 3.70. The van der Waals surface area contributed by atoms with Crippen LogP contribution in [0.3, 0.4) is 0 Å². The van der Waals surface area contributed by atoms with Crippen molar-refractivity contribution in [3.8, 4) is 33.6 Å². The van der Waals surface area contributed by atoms with Gasteiger partial charge in [0, 0.05) is 68.2 Å². The van der Waals surface area contributed by atoms with E-state index in [1.165, 1.54) is 75.9 Å². The average molecular weight is 661 g/mol. The fourth-order valence-corrected chi connectivity index (χ4v) is 8.97. The Balaban J connectivity index is 1.18. The molecule has 0 radical (unpaired) electrons. The molecule has 0 N–H and O–H groups in total. The maximum absolute atomic E-state index is 4.45. The van der Waals surface area contributed by atoms with Gasteiger partial charge in [0.25, 0.3) is 0 Å². The monoisotopic (exact) mass is 660 g/mol. The molecule has 0 saturated carbocycles. The summed E-state index contributed by atoms with van der Waals surface area (Å²) in [6.45, 7) is 0. The number of hydrogen-bond donors (Lipinski definition) is 0. The molecule has 52 heavy (non-hydrogen) atoms. The first-order valence-electron chi connectivity index (χ1n) is 17.7. The molecule has 0 spiro atoms. The van der Waals surface area contributed by atoms with Gasteiger partial charge in [-0.25, -0.2) is 0 Å². The molecule has 0 aliphatic carbocycles. The van der Waals surface area contributed by atoms with Crippen molar-refractivity contribution < 1.29 is 0 Å². The Hall–Kier alpha value is -7.04. The van der Waals surface area contributed by atoms with Gasteiger partial charge in [0.05, 0.1) is 33.4 Å². The minimum absolute atomic E-state index is 1.11. The molecule has 0 atom stereocenters. The lowest BCUT2D eigenvalue weighted by atomic mass is 9.98. The van der Waals surface area contributed by atoms with Gasteiger partial charge in [-0.15, -0.1) is 0 Å². The number of benzene rings is 8. The van der Waals surface area contributed by atoms with E-state index in [4.69, 9.17) is 0 Å². The molecule has 4 heteroatoms. The summed E-state index contributed by atoms with van der Waals surface area (Å²) in [5, 5.41) is 12.6. The van der Waals surface area contributed by atoms with Crippen molar-refractivity contribution in [2.24, 2.45) is 0 Å². The maximum Gasteiger partial charge on any atom is 0.0553 e. The fourth-order valence-electron chi connectivity index (χ4n) is 8.97. The molecule has 0 unspecified atom stereocenters. The van der Waals surface area contributed by atoms with Crippen LogP contribution in [-0.4, -0.2) is 19.1 Å². The third-order valence-electron chi connectivity index (χ3n) is 11.1. The molecule has 0 aliphatic heterocycles. The van der Waals surface area contributed by atoms with E-state index >= 15 is 0 Å². The summed E-state index contributed by atoms with van der Waals surface area (Å²) in [4.78, 5) is 8.91. The van der Waals surface area contributed by atoms with Crippen LogP contribution in [0.25, 0.3) is 110 Å². The normalized spacial score (nSPS) is 12.2. The lowest BCUT2D eigenvalue weighted by Crippen LogP contribution is -1.99. The molecule has 240 valence electrons. The predicted molar refractivity (Wildman–Crippen MR) is 216 cm³/mol. The summed E-state index contributed by atoms with van der Waals surface area (Å²) in [5.74, 6) is 0. The third-order valence-corrected chi connectivity index (χ3v) is 11.1. The molecule has 0 aliphatic rings. The summed E-state index contributed by atoms with van der Waals surface area (Å²) in [6.07, 6.45) is 7.58. The lowest BCUT2D eigenvalue weighted by Gasteiger charge is -2.16. The molecule has 4 nitrogen and oxygen atoms in total. The van der Waals surface area contributed by atoms with Crippen LogP contribution < -0.4 is 0 Å². The van der Waals surface area contributed by atoms with Gasteiger partial charge in [-0.3, -0.25) is 9.97 Å². The van der Waals surface area contributed by atoms with E-state index < -0.39 is 0 Å². The van der Waals surface area contributed by atoms with Crippen LogP contribution in [0.5, 0.6) is 0 Å². The second-order valence-corrected chi connectivity index (χ2v) is 13.9. The Morgan fingerprint density at radius 2 is 0.769 bits per heavy atom. The van der Waals surface area contributed by atoms with Crippen molar-refractivity contribution >= 4 is 75.9 Å². The highest BCUT2D eigenvalue weighted by atomic mass is 15.0. The Morgan fingerprint density at radius 3 is 1.23 bits per heavy atom. The first-order chi connectivity index (χ1) is 25.8. The molecule has 0 saturated heterocycles. The van der Waals surface area contributed by atoms with Crippen LogP contribution in [0.1, 0.15) is 0 Å². The van der Waals surface area contributed by atoms with E-state index in [1.54, 1.807) is 0 Å². The van der Waals surface area contributed by atoms with Crippen molar-refractivity contribution in [1.82, 2.24) is 19.1 Å². The minimum Gasteiger partial charge on any atom is -0.309 e. The lowest BCUT2D eigenvalue weighted by molar-refractivity contribution is 1.18. The molecule has 0 amide bonds. The van der Waals surface area contributed by atoms with Crippen molar-refractivity contribution in [3.63, 3.8) is 0 Å². The average Bonchev–Trinajstić information content (AvgIpc) is 3.73. The molecule has 12 rings (SSSR count). The molecular formula is C48H28N4. The van der Waals surface area contributed by atoms with Crippen LogP contribution in [0.4, 0.5) is 0 Å². The predicted octanol–water partition coefficient (Wildman–Crippen LogP) is 12.3. The van der Waals surface area contributed by atoms with Gasteiger partial charge in [0.15, 0.2) is 0 Å². The van der Waals surface area contributed by atoms with Crippen LogP contribution in [0.2, 0.25) is 0 Å². The molecule has 8 aromatic carbocycles. The van der Waals surface area contributed by atoms with Gasteiger partial charge < -0.3 is 9.13 Å². The standard InChI is InChI=1S/C48H28N4/c1-7-29-17-19-31-23-35(33-9-5-21-49-27-33)25-43-47(31)45(29)41(15-1)51(43)39-13-3-12-38-37(39)11-4-14-40(38)52-42-16-2-8-30-18-20-32-24-36(34-10-6-22-50-28-34)26-44(52)48(32)46(30)42/h1-28H. The van der Waals surface area contributed by atoms with Gasteiger partial charge in [-0.2, -0.15) is 0 Å². The number of aromatic nitrogens is 4. The zero-order valence-electron chi connectivity index (χ0n) is 28.0. The van der Waals surface area contributed by atoms with Crippen molar-refractivity contribution in [3.05, 3.63) is 170 Å². The Bertz CT molecular complexity index is 3110. The summed E-state index contributed by atoms with van der Waals surface area (Å²) < 4.78 is 4.97. The van der Waals surface area contributed by atoms with E-state index in [2.05, 4.69) is 153 Å². The van der Waals surface area contributed by atoms with Crippen molar-refractivity contribution in [2.75, 3.05) is 0 Å². The molecular weight excluding hydrogens is 633 g/mol. The van der Waals surface area contributed by atoms with E-state index in [-0.39, 0.29) is 0 Å². The summed E-state index contributed by atoms with van der Waals surface area (Å²) in [5.41, 5.74) is 11.7. The van der Waals surface area contributed by atoms with Crippen LogP contribution in [0, 0.1) is 0 Å².